The molecule has 3 aromatic rings. The van der Waals surface area contributed by atoms with Gasteiger partial charge in [-0.15, -0.1) is 0 Å². The van der Waals surface area contributed by atoms with Gasteiger partial charge in [0.1, 0.15) is 19.0 Å². The maximum absolute atomic E-state index is 13.9. The van der Waals surface area contributed by atoms with Gasteiger partial charge in [-0.05, 0) is 49.8 Å². The van der Waals surface area contributed by atoms with Gasteiger partial charge in [-0.2, -0.15) is 5.10 Å². The van der Waals surface area contributed by atoms with E-state index in [9.17, 15) is 9.18 Å². The van der Waals surface area contributed by atoms with E-state index in [2.05, 4.69) is 15.5 Å². The zero-order valence-corrected chi connectivity index (χ0v) is 17.5. The first-order valence-corrected chi connectivity index (χ1v) is 10.1. The minimum atomic E-state index is -0.419. The molecule has 0 saturated heterocycles. The van der Waals surface area contributed by atoms with Crippen LogP contribution in [0.15, 0.2) is 48.8 Å². The summed E-state index contributed by atoms with van der Waals surface area (Å²) in [7, 11) is 3.94. The summed E-state index contributed by atoms with van der Waals surface area (Å²) in [6, 6.07) is 10.4. The topological polar surface area (TPSA) is 79.5 Å². The monoisotopic (exact) mass is 424 g/mol. The number of amides is 1. The standard InChI is InChI=1S/C23H25FN4O3/c1-28(2)8-9-30-21-11-15(18-12-25-26-13-18)6-7-20(21)27-23(29)17-10-16-4-3-5-19(24)22(16)31-14-17/h3-7,11-13,17H,8-10,14H2,1-2H3,(H,25,26)(H,27,29). The predicted octanol–water partition coefficient (Wildman–Crippen LogP) is 3.35. The van der Waals surface area contributed by atoms with E-state index in [0.29, 0.717) is 30.0 Å². The number of carbonyl (C=O) groups excluding carboxylic acids is 1. The molecule has 1 amide bonds. The Kier molecular flexibility index (Phi) is 6.18. The molecule has 2 heterocycles. The van der Waals surface area contributed by atoms with Crippen LogP contribution in [-0.2, 0) is 11.2 Å². The number of carbonyl (C=O) groups is 1. The van der Waals surface area contributed by atoms with Crippen molar-refractivity contribution in [2.45, 2.75) is 6.42 Å². The Morgan fingerprint density at radius 3 is 2.97 bits per heavy atom. The Balaban J connectivity index is 1.51. The van der Waals surface area contributed by atoms with Gasteiger partial charge in [-0.25, -0.2) is 4.39 Å². The number of rotatable bonds is 7. The highest BCUT2D eigenvalue weighted by Gasteiger charge is 2.28. The van der Waals surface area contributed by atoms with Crippen LogP contribution in [0.3, 0.4) is 0 Å². The molecule has 4 rings (SSSR count). The summed E-state index contributed by atoms with van der Waals surface area (Å²) in [6.45, 7) is 1.34. The molecule has 2 N–H and O–H groups in total. The zero-order chi connectivity index (χ0) is 21.8. The third kappa shape index (κ3) is 4.86. The van der Waals surface area contributed by atoms with E-state index >= 15 is 0 Å². The highest BCUT2D eigenvalue weighted by Crippen LogP contribution is 2.33. The lowest BCUT2D eigenvalue weighted by molar-refractivity contribution is -0.121. The lowest BCUT2D eigenvalue weighted by atomic mass is 9.95. The maximum Gasteiger partial charge on any atom is 0.231 e. The molecule has 0 aliphatic carbocycles. The first kappa shape index (κ1) is 20.9. The quantitative estimate of drug-likeness (QED) is 0.608. The summed E-state index contributed by atoms with van der Waals surface area (Å²) in [5, 5.41) is 9.75. The van der Waals surface area contributed by atoms with E-state index in [4.69, 9.17) is 9.47 Å². The molecule has 1 aliphatic heterocycles. The number of fused-ring (bicyclic) bond motifs is 1. The lowest BCUT2D eigenvalue weighted by Crippen LogP contribution is -2.33. The minimum absolute atomic E-state index is 0.129. The third-order valence-corrected chi connectivity index (χ3v) is 5.18. The van der Waals surface area contributed by atoms with Crippen molar-refractivity contribution in [3.63, 3.8) is 0 Å². The molecule has 2 aromatic carbocycles. The van der Waals surface area contributed by atoms with Crippen LogP contribution in [0.5, 0.6) is 11.5 Å². The molecule has 7 nitrogen and oxygen atoms in total. The summed E-state index contributed by atoms with van der Waals surface area (Å²) in [6.07, 6.45) is 3.95. The van der Waals surface area contributed by atoms with E-state index in [-0.39, 0.29) is 18.3 Å². The Labute approximate surface area is 180 Å². The van der Waals surface area contributed by atoms with Crippen molar-refractivity contribution in [1.29, 1.82) is 0 Å². The van der Waals surface area contributed by atoms with Gasteiger partial charge in [0.05, 0.1) is 17.8 Å². The second-order valence-electron chi connectivity index (χ2n) is 7.78. The summed E-state index contributed by atoms with van der Waals surface area (Å²) in [5.74, 6) is -0.190. The highest BCUT2D eigenvalue weighted by atomic mass is 19.1. The van der Waals surface area contributed by atoms with E-state index in [1.807, 2.05) is 37.2 Å². The molecule has 1 aromatic heterocycles. The molecular formula is C23H25FN4O3. The zero-order valence-electron chi connectivity index (χ0n) is 17.5. The average molecular weight is 424 g/mol. The fourth-order valence-corrected chi connectivity index (χ4v) is 3.46. The van der Waals surface area contributed by atoms with Gasteiger partial charge in [-0.1, -0.05) is 18.2 Å². The van der Waals surface area contributed by atoms with Crippen LogP contribution in [0.25, 0.3) is 11.1 Å². The largest absolute Gasteiger partial charge is 0.490 e. The van der Waals surface area contributed by atoms with E-state index in [1.165, 1.54) is 6.07 Å². The molecule has 1 unspecified atom stereocenters. The van der Waals surface area contributed by atoms with E-state index in [0.717, 1.165) is 17.7 Å². The summed E-state index contributed by atoms with van der Waals surface area (Å²) in [4.78, 5) is 15.0. The molecule has 0 radical (unpaired) electrons. The number of halogens is 1. The van der Waals surface area contributed by atoms with Crippen molar-refractivity contribution >= 4 is 11.6 Å². The number of nitrogens with one attached hydrogen (secondary N) is 2. The number of aromatic amines is 1. The Morgan fingerprint density at radius 2 is 2.19 bits per heavy atom. The van der Waals surface area contributed by atoms with Crippen molar-refractivity contribution in [2.24, 2.45) is 5.92 Å². The van der Waals surface area contributed by atoms with E-state index in [1.54, 1.807) is 24.5 Å². The average Bonchev–Trinajstić information content (AvgIpc) is 3.29. The minimum Gasteiger partial charge on any atom is -0.490 e. The van der Waals surface area contributed by atoms with Crippen LogP contribution in [0, 0.1) is 11.7 Å². The van der Waals surface area contributed by atoms with Crippen molar-refractivity contribution < 1.29 is 18.7 Å². The number of hydrogen-bond donors (Lipinski definition) is 2. The number of anilines is 1. The number of nitrogens with zero attached hydrogens (tertiary/aromatic N) is 2. The second kappa shape index (κ2) is 9.18. The van der Waals surface area contributed by atoms with Crippen molar-refractivity contribution in [3.8, 4) is 22.6 Å². The van der Waals surface area contributed by atoms with Crippen molar-refractivity contribution in [1.82, 2.24) is 15.1 Å². The third-order valence-electron chi connectivity index (χ3n) is 5.18. The predicted molar refractivity (Wildman–Crippen MR) is 116 cm³/mol. The Morgan fingerprint density at radius 1 is 1.32 bits per heavy atom. The first-order chi connectivity index (χ1) is 15.0. The molecule has 162 valence electrons. The number of H-pyrrole nitrogens is 1. The summed E-state index contributed by atoms with van der Waals surface area (Å²) >= 11 is 0. The number of likely N-dealkylation sites (N-methyl/N-ethyl adjacent to an activating group) is 1. The number of ether oxygens (including phenoxy) is 2. The van der Waals surface area contributed by atoms with Gasteiger partial charge < -0.3 is 19.7 Å². The fraction of sp³-hybridized carbons (Fsp3) is 0.304. The summed E-state index contributed by atoms with van der Waals surface area (Å²) < 4.78 is 25.4. The molecule has 1 aliphatic rings. The highest BCUT2D eigenvalue weighted by molar-refractivity contribution is 5.95. The smallest absolute Gasteiger partial charge is 0.231 e. The Hall–Kier alpha value is -3.39. The molecule has 8 heteroatoms. The second-order valence-corrected chi connectivity index (χ2v) is 7.78. The summed E-state index contributed by atoms with van der Waals surface area (Å²) in [5.41, 5.74) is 3.14. The number of benzene rings is 2. The molecule has 0 fully saturated rings. The van der Waals surface area contributed by atoms with Crippen molar-refractivity contribution in [2.75, 3.05) is 39.2 Å². The van der Waals surface area contributed by atoms with Gasteiger partial charge in [-0.3, -0.25) is 9.89 Å². The Bertz CT molecular complexity index is 1050. The van der Waals surface area contributed by atoms with Gasteiger partial charge in [0, 0.05) is 18.3 Å². The van der Waals surface area contributed by atoms with Crippen LogP contribution >= 0.6 is 0 Å². The SMILES string of the molecule is CN(C)CCOc1cc(-c2cn[nH]c2)ccc1NC(=O)C1COc2c(F)cccc2C1. The lowest BCUT2D eigenvalue weighted by Gasteiger charge is -2.25. The van der Waals surface area contributed by atoms with Gasteiger partial charge in [0.25, 0.3) is 0 Å². The van der Waals surface area contributed by atoms with Crippen molar-refractivity contribution in [3.05, 3.63) is 60.2 Å². The van der Waals surface area contributed by atoms with Crippen LogP contribution < -0.4 is 14.8 Å². The first-order valence-electron chi connectivity index (χ1n) is 10.1. The molecule has 0 saturated carbocycles. The van der Waals surface area contributed by atoms with Gasteiger partial charge in [0.15, 0.2) is 11.6 Å². The van der Waals surface area contributed by atoms with Crippen LogP contribution in [0.4, 0.5) is 10.1 Å². The van der Waals surface area contributed by atoms with Gasteiger partial charge >= 0.3 is 0 Å². The molecule has 1 atom stereocenters. The normalized spacial score (nSPS) is 15.3. The number of para-hydroxylation sites is 1. The molecule has 0 spiro atoms. The van der Waals surface area contributed by atoms with E-state index < -0.39 is 11.7 Å². The molecule has 0 bridgehead atoms. The van der Waals surface area contributed by atoms with Crippen LogP contribution in [-0.4, -0.2) is 54.9 Å². The molecule has 31 heavy (non-hydrogen) atoms. The number of hydrogen-bond acceptors (Lipinski definition) is 5. The fourth-order valence-electron chi connectivity index (χ4n) is 3.46. The molecular weight excluding hydrogens is 399 g/mol. The van der Waals surface area contributed by atoms with Crippen LogP contribution in [0.2, 0.25) is 0 Å². The maximum atomic E-state index is 13.9. The number of aromatic nitrogens is 2. The van der Waals surface area contributed by atoms with Crippen LogP contribution in [0.1, 0.15) is 5.56 Å². The van der Waals surface area contributed by atoms with Gasteiger partial charge in [0.2, 0.25) is 5.91 Å².